The number of amides is 1. The molecule has 0 radical (unpaired) electrons. The van der Waals surface area contributed by atoms with Gasteiger partial charge in [0, 0.05) is 24.0 Å². The van der Waals surface area contributed by atoms with Gasteiger partial charge in [-0.1, -0.05) is 0 Å². The van der Waals surface area contributed by atoms with Crippen LogP contribution in [0.5, 0.6) is 5.88 Å². The first-order valence-corrected chi connectivity index (χ1v) is 6.34. The number of aryl methyl sites for hydroxylation is 3. The summed E-state index contributed by atoms with van der Waals surface area (Å²) in [5.74, 6) is 0.674. The number of aromatic nitrogens is 4. The van der Waals surface area contributed by atoms with Crippen LogP contribution in [-0.2, 0) is 0 Å². The number of hydrogen-bond acceptors (Lipinski definition) is 5. The molecular weight excluding hydrogens is 258 g/mol. The van der Waals surface area contributed by atoms with Gasteiger partial charge in [-0.3, -0.25) is 0 Å². The summed E-state index contributed by atoms with van der Waals surface area (Å²) in [6, 6.07) is 3.53. The Balaban J connectivity index is 2.38. The standard InChI is InChI=1S/C13H17N5O2/c1-5-14-13(19)20-11-7-10(4)17-18(11)12-15-8(2)6-9(3)16-12/h6-7H,5H2,1-4H3,(H,14,19). The summed E-state index contributed by atoms with van der Waals surface area (Å²) in [6.07, 6.45) is -0.530. The van der Waals surface area contributed by atoms with Crippen molar-refractivity contribution in [3.8, 4) is 11.8 Å². The highest BCUT2D eigenvalue weighted by atomic mass is 16.6. The molecule has 2 rings (SSSR count). The lowest BCUT2D eigenvalue weighted by Gasteiger charge is -2.07. The molecule has 2 aromatic rings. The van der Waals surface area contributed by atoms with Crippen LogP contribution in [0.1, 0.15) is 24.0 Å². The molecule has 0 aliphatic rings. The SMILES string of the molecule is CCNC(=O)Oc1cc(C)nn1-c1nc(C)cc(C)n1. The van der Waals surface area contributed by atoms with E-state index in [1.54, 1.807) is 6.07 Å². The molecule has 0 aliphatic carbocycles. The zero-order valence-corrected chi connectivity index (χ0v) is 12.0. The minimum absolute atomic E-state index is 0.290. The maximum Gasteiger partial charge on any atom is 0.413 e. The maximum atomic E-state index is 11.5. The minimum atomic E-state index is -0.530. The first-order chi connectivity index (χ1) is 9.49. The number of carbonyl (C=O) groups excluding carboxylic acids is 1. The third-order valence-corrected chi connectivity index (χ3v) is 2.48. The van der Waals surface area contributed by atoms with E-state index in [1.165, 1.54) is 4.68 Å². The molecule has 0 spiro atoms. The molecule has 7 nitrogen and oxygen atoms in total. The van der Waals surface area contributed by atoms with Crippen molar-refractivity contribution in [2.24, 2.45) is 0 Å². The van der Waals surface area contributed by atoms with Gasteiger partial charge >= 0.3 is 6.09 Å². The van der Waals surface area contributed by atoms with Gasteiger partial charge in [-0.2, -0.15) is 9.78 Å². The normalized spacial score (nSPS) is 10.4. The van der Waals surface area contributed by atoms with Gasteiger partial charge in [0.2, 0.25) is 5.88 Å². The molecule has 0 saturated heterocycles. The molecule has 0 fully saturated rings. The zero-order chi connectivity index (χ0) is 14.7. The molecular formula is C13H17N5O2. The maximum absolute atomic E-state index is 11.5. The Bertz CT molecular complexity index is 615. The van der Waals surface area contributed by atoms with Crippen molar-refractivity contribution in [3.63, 3.8) is 0 Å². The summed E-state index contributed by atoms with van der Waals surface area (Å²) >= 11 is 0. The third kappa shape index (κ3) is 3.11. The van der Waals surface area contributed by atoms with Crippen LogP contribution >= 0.6 is 0 Å². The molecule has 1 N–H and O–H groups in total. The predicted octanol–water partition coefficient (Wildman–Crippen LogP) is 1.70. The van der Waals surface area contributed by atoms with Crippen LogP contribution in [0.3, 0.4) is 0 Å². The number of nitrogens with zero attached hydrogens (tertiary/aromatic N) is 4. The quantitative estimate of drug-likeness (QED) is 0.921. The second kappa shape index (κ2) is 5.68. The lowest BCUT2D eigenvalue weighted by molar-refractivity contribution is 0.197. The van der Waals surface area contributed by atoms with E-state index in [9.17, 15) is 4.79 Å². The van der Waals surface area contributed by atoms with E-state index in [0.29, 0.717) is 24.1 Å². The molecule has 2 aromatic heterocycles. The number of hydrogen-bond donors (Lipinski definition) is 1. The van der Waals surface area contributed by atoms with Crippen LogP contribution in [0.4, 0.5) is 4.79 Å². The smallest absolute Gasteiger partial charge is 0.391 e. The number of ether oxygens (including phenoxy) is 1. The van der Waals surface area contributed by atoms with Gasteiger partial charge in [-0.15, -0.1) is 0 Å². The second-order valence-electron chi connectivity index (χ2n) is 4.41. The number of nitrogens with one attached hydrogen (secondary N) is 1. The van der Waals surface area contributed by atoms with Crippen LogP contribution in [0.25, 0.3) is 5.95 Å². The van der Waals surface area contributed by atoms with Crippen LogP contribution in [-0.4, -0.2) is 32.4 Å². The van der Waals surface area contributed by atoms with E-state index in [1.807, 2.05) is 33.8 Å². The first kappa shape index (κ1) is 14.0. The molecule has 106 valence electrons. The van der Waals surface area contributed by atoms with Crippen LogP contribution in [0.15, 0.2) is 12.1 Å². The van der Waals surface area contributed by atoms with Crippen molar-refractivity contribution >= 4 is 6.09 Å². The lowest BCUT2D eigenvalue weighted by atomic mass is 10.4. The Kier molecular flexibility index (Phi) is 3.97. The monoisotopic (exact) mass is 275 g/mol. The topological polar surface area (TPSA) is 81.9 Å². The first-order valence-electron chi connectivity index (χ1n) is 6.34. The highest BCUT2D eigenvalue weighted by Gasteiger charge is 2.15. The van der Waals surface area contributed by atoms with Crippen molar-refractivity contribution in [3.05, 3.63) is 29.2 Å². The van der Waals surface area contributed by atoms with Crippen molar-refractivity contribution in [2.45, 2.75) is 27.7 Å². The highest BCUT2D eigenvalue weighted by Crippen LogP contribution is 2.17. The zero-order valence-electron chi connectivity index (χ0n) is 12.0. The number of rotatable bonds is 3. The van der Waals surface area contributed by atoms with Crippen LogP contribution < -0.4 is 10.1 Å². The Labute approximate surface area is 117 Å². The van der Waals surface area contributed by atoms with Crippen molar-refractivity contribution < 1.29 is 9.53 Å². The summed E-state index contributed by atoms with van der Waals surface area (Å²) in [5.41, 5.74) is 2.36. The predicted molar refractivity (Wildman–Crippen MR) is 73.1 cm³/mol. The van der Waals surface area contributed by atoms with E-state index >= 15 is 0 Å². The van der Waals surface area contributed by atoms with Gasteiger partial charge in [0.25, 0.3) is 5.95 Å². The molecule has 0 aromatic carbocycles. The second-order valence-corrected chi connectivity index (χ2v) is 4.41. The van der Waals surface area contributed by atoms with Crippen molar-refractivity contribution in [2.75, 3.05) is 6.54 Å². The van der Waals surface area contributed by atoms with Gasteiger partial charge in [-0.25, -0.2) is 14.8 Å². The van der Waals surface area contributed by atoms with Gasteiger partial charge in [-0.05, 0) is 33.8 Å². The molecule has 0 saturated carbocycles. The average molecular weight is 275 g/mol. The Morgan fingerprint density at radius 1 is 1.20 bits per heavy atom. The minimum Gasteiger partial charge on any atom is -0.391 e. The molecule has 7 heteroatoms. The molecule has 2 heterocycles. The lowest BCUT2D eigenvalue weighted by Crippen LogP contribution is -2.27. The van der Waals surface area contributed by atoms with Gasteiger partial charge in [0.05, 0.1) is 5.69 Å². The summed E-state index contributed by atoms with van der Waals surface area (Å²) in [6.45, 7) is 7.87. The molecule has 0 unspecified atom stereocenters. The van der Waals surface area contributed by atoms with E-state index in [4.69, 9.17) is 4.74 Å². The fourth-order valence-electron chi connectivity index (χ4n) is 1.77. The van der Waals surface area contributed by atoms with Gasteiger partial charge in [0.15, 0.2) is 0 Å². The average Bonchev–Trinajstić information content (AvgIpc) is 2.69. The molecule has 20 heavy (non-hydrogen) atoms. The third-order valence-electron chi connectivity index (χ3n) is 2.48. The molecule has 0 aliphatic heterocycles. The summed E-state index contributed by atoms with van der Waals surface area (Å²) in [4.78, 5) is 20.1. The Morgan fingerprint density at radius 3 is 2.45 bits per heavy atom. The molecule has 0 atom stereocenters. The van der Waals surface area contributed by atoms with Gasteiger partial charge < -0.3 is 10.1 Å². The van der Waals surface area contributed by atoms with E-state index in [0.717, 1.165) is 11.4 Å². The largest absolute Gasteiger partial charge is 0.413 e. The van der Waals surface area contributed by atoms with Crippen LogP contribution in [0.2, 0.25) is 0 Å². The fraction of sp³-hybridized carbons (Fsp3) is 0.385. The number of carbonyl (C=O) groups is 1. The summed E-state index contributed by atoms with van der Waals surface area (Å²) in [7, 11) is 0. The van der Waals surface area contributed by atoms with Crippen molar-refractivity contribution in [1.29, 1.82) is 0 Å². The Hall–Kier alpha value is -2.44. The molecule has 1 amide bonds. The van der Waals surface area contributed by atoms with Crippen LogP contribution in [0, 0.1) is 20.8 Å². The van der Waals surface area contributed by atoms with Gasteiger partial charge in [0.1, 0.15) is 0 Å². The van der Waals surface area contributed by atoms with Crippen molar-refractivity contribution in [1.82, 2.24) is 25.1 Å². The summed E-state index contributed by atoms with van der Waals surface area (Å²) < 4.78 is 6.63. The van der Waals surface area contributed by atoms with E-state index < -0.39 is 6.09 Å². The summed E-state index contributed by atoms with van der Waals surface area (Å²) in [5, 5.41) is 6.82. The van der Waals surface area contributed by atoms with E-state index in [2.05, 4.69) is 20.4 Å². The fourth-order valence-corrected chi connectivity index (χ4v) is 1.77. The molecule has 0 bridgehead atoms. The Morgan fingerprint density at radius 2 is 1.85 bits per heavy atom. The van der Waals surface area contributed by atoms with E-state index in [-0.39, 0.29) is 0 Å². The highest BCUT2D eigenvalue weighted by molar-refractivity contribution is 5.69.